The van der Waals surface area contributed by atoms with Crippen LogP contribution in [0.15, 0.2) is 42.6 Å². The van der Waals surface area contributed by atoms with Crippen molar-refractivity contribution in [3.63, 3.8) is 0 Å². The first-order valence-corrected chi connectivity index (χ1v) is 6.13. The normalized spacial score (nSPS) is 10.2. The average molecular weight is 278 g/mol. The van der Waals surface area contributed by atoms with Crippen LogP contribution in [0.25, 0.3) is 0 Å². The fraction of sp³-hybridized carbons (Fsp3) is 0.154. The molecule has 0 spiro atoms. The minimum absolute atomic E-state index is 0.0854. The summed E-state index contributed by atoms with van der Waals surface area (Å²) < 4.78 is 0. The Kier molecular flexibility index (Phi) is 4.30. The summed E-state index contributed by atoms with van der Waals surface area (Å²) in [6.45, 7) is 0.554. The van der Waals surface area contributed by atoms with E-state index < -0.39 is 4.92 Å². The molecule has 0 radical (unpaired) electrons. The fourth-order valence-corrected chi connectivity index (χ4v) is 1.92. The van der Waals surface area contributed by atoms with Gasteiger partial charge >= 0.3 is 5.69 Å². The van der Waals surface area contributed by atoms with Crippen LogP contribution in [0, 0.1) is 10.1 Å². The molecule has 2 aromatic rings. The van der Waals surface area contributed by atoms with Gasteiger partial charge < -0.3 is 5.32 Å². The van der Waals surface area contributed by atoms with Crippen LogP contribution in [0.4, 0.5) is 11.5 Å². The molecule has 0 aliphatic rings. The van der Waals surface area contributed by atoms with Gasteiger partial charge in [0.25, 0.3) is 0 Å². The quantitative estimate of drug-likeness (QED) is 0.672. The van der Waals surface area contributed by atoms with Crippen LogP contribution in [0.2, 0.25) is 5.02 Å². The van der Waals surface area contributed by atoms with Crippen molar-refractivity contribution in [2.24, 2.45) is 0 Å². The third-order valence-corrected chi connectivity index (χ3v) is 2.91. The van der Waals surface area contributed by atoms with E-state index in [1.807, 2.05) is 30.3 Å². The van der Waals surface area contributed by atoms with Crippen LogP contribution in [0.1, 0.15) is 5.56 Å². The molecule has 2 rings (SSSR count). The van der Waals surface area contributed by atoms with Crippen molar-refractivity contribution >= 4 is 23.1 Å². The molecule has 0 saturated carbocycles. The number of nitrogens with one attached hydrogen (secondary N) is 1. The largest absolute Gasteiger partial charge is 0.364 e. The van der Waals surface area contributed by atoms with Gasteiger partial charge in [0, 0.05) is 12.7 Å². The lowest BCUT2D eigenvalue weighted by molar-refractivity contribution is -0.384. The number of benzene rings is 1. The first kappa shape index (κ1) is 13.3. The molecule has 0 atom stereocenters. The van der Waals surface area contributed by atoms with Gasteiger partial charge in [-0.3, -0.25) is 10.1 Å². The topological polar surface area (TPSA) is 68.1 Å². The van der Waals surface area contributed by atoms with Crippen molar-refractivity contribution in [2.45, 2.75) is 6.42 Å². The number of aromatic nitrogens is 1. The summed E-state index contributed by atoms with van der Waals surface area (Å²) in [5, 5.41) is 13.9. The Labute approximate surface area is 115 Å². The lowest BCUT2D eigenvalue weighted by Crippen LogP contribution is -2.08. The molecular weight excluding hydrogens is 266 g/mol. The lowest BCUT2D eigenvalue weighted by Gasteiger charge is -2.06. The predicted molar refractivity (Wildman–Crippen MR) is 74.5 cm³/mol. The number of halogens is 1. The molecule has 0 amide bonds. The average Bonchev–Trinajstić information content (AvgIpc) is 2.39. The third kappa shape index (κ3) is 3.42. The molecule has 0 fully saturated rings. The highest BCUT2D eigenvalue weighted by molar-refractivity contribution is 6.33. The highest BCUT2D eigenvalue weighted by Crippen LogP contribution is 2.29. The van der Waals surface area contributed by atoms with Gasteiger partial charge in [0.2, 0.25) is 5.82 Å². The molecule has 0 aliphatic carbocycles. The van der Waals surface area contributed by atoms with Crippen LogP contribution < -0.4 is 5.32 Å². The number of anilines is 1. The predicted octanol–water partition coefficient (Wildman–Crippen LogP) is 3.30. The summed E-state index contributed by atoms with van der Waals surface area (Å²) in [6.07, 6.45) is 2.20. The maximum absolute atomic E-state index is 10.9. The number of nitrogens with zero attached hydrogens (tertiary/aromatic N) is 2. The summed E-state index contributed by atoms with van der Waals surface area (Å²) in [7, 11) is 0. The Morgan fingerprint density at radius 1 is 1.26 bits per heavy atom. The van der Waals surface area contributed by atoms with Gasteiger partial charge in [0.05, 0.1) is 4.92 Å². The first-order valence-electron chi connectivity index (χ1n) is 5.75. The van der Waals surface area contributed by atoms with Gasteiger partial charge in [-0.25, -0.2) is 4.98 Å². The lowest BCUT2D eigenvalue weighted by atomic mass is 10.1. The molecule has 5 nitrogen and oxygen atoms in total. The Hall–Kier alpha value is -2.14. The number of nitro groups is 1. The van der Waals surface area contributed by atoms with Crippen molar-refractivity contribution in [2.75, 3.05) is 11.9 Å². The molecule has 6 heteroatoms. The minimum Gasteiger partial charge on any atom is -0.364 e. The smallest absolute Gasteiger partial charge is 0.329 e. The highest BCUT2D eigenvalue weighted by atomic mass is 35.5. The summed E-state index contributed by atoms with van der Waals surface area (Å²) in [6, 6.07) is 11.3. The maximum atomic E-state index is 10.9. The van der Waals surface area contributed by atoms with Crippen molar-refractivity contribution < 1.29 is 4.92 Å². The first-order chi connectivity index (χ1) is 9.18. The number of hydrogen-bond acceptors (Lipinski definition) is 4. The summed E-state index contributed by atoms with van der Waals surface area (Å²) in [5.41, 5.74) is 0.969. The van der Waals surface area contributed by atoms with Gasteiger partial charge in [-0.2, -0.15) is 0 Å². The van der Waals surface area contributed by atoms with E-state index in [9.17, 15) is 10.1 Å². The van der Waals surface area contributed by atoms with Crippen LogP contribution in [0.3, 0.4) is 0 Å². The van der Waals surface area contributed by atoms with Gasteiger partial charge in [-0.15, -0.1) is 0 Å². The molecule has 0 aliphatic heterocycles. The molecule has 1 heterocycles. The highest BCUT2D eigenvalue weighted by Gasteiger charge is 2.19. The SMILES string of the molecule is O=[N+]([O-])c1c(Cl)ccnc1NCCc1ccccc1. The van der Waals surface area contributed by atoms with E-state index in [0.29, 0.717) is 6.54 Å². The number of rotatable bonds is 5. The molecule has 1 aromatic heterocycles. The van der Waals surface area contributed by atoms with Crippen LogP contribution in [0.5, 0.6) is 0 Å². The second-order valence-electron chi connectivity index (χ2n) is 3.91. The molecule has 0 bridgehead atoms. The molecular formula is C13H12ClN3O2. The Balaban J connectivity index is 2.04. The molecule has 1 N–H and O–H groups in total. The van der Waals surface area contributed by atoms with E-state index in [1.165, 1.54) is 12.3 Å². The van der Waals surface area contributed by atoms with Crippen LogP contribution in [-0.4, -0.2) is 16.5 Å². The van der Waals surface area contributed by atoms with E-state index in [-0.39, 0.29) is 16.5 Å². The van der Waals surface area contributed by atoms with E-state index in [0.717, 1.165) is 12.0 Å². The van der Waals surface area contributed by atoms with Crippen molar-refractivity contribution in [3.8, 4) is 0 Å². The second kappa shape index (κ2) is 6.15. The monoisotopic (exact) mass is 277 g/mol. The van der Waals surface area contributed by atoms with Crippen molar-refractivity contribution in [1.29, 1.82) is 0 Å². The van der Waals surface area contributed by atoms with E-state index in [4.69, 9.17) is 11.6 Å². The Bertz CT molecular complexity index is 575. The molecule has 19 heavy (non-hydrogen) atoms. The van der Waals surface area contributed by atoms with E-state index in [2.05, 4.69) is 10.3 Å². The molecule has 98 valence electrons. The number of hydrogen-bond donors (Lipinski definition) is 1. The summed E-state index contributed by atoms with van der Waals surface area (Å²) in [5.74, 6) is 0.202. The Morgan fingerprint density at radius 3 is 2.68 bits per heavy atom. The Morgan fingerprint density at radius 2 is 2.00 bits per heavy atom. The maximum Gasteiger partial charge on any atom is 0.329 e. The van der Waals surface area contributed by atoms with Gasteiger partial charge in [-0.1, -0.05) is 41.9 Å². The zero-order chi connectivity index (χ0) is 13.7. The van der Waals surface area contributed by atoms with Crippen LogP contribution >= 0.6 is 11.6 Å². The third-order valence-electron chi connectivity index (χ3n) is 2.61. The van der Waals surface area contributed by atoms with Gasteiger partial charge in [0.15, 0.2) is 0 Å². The molecule has 0 saturated heterocycles. The summed E-state index contributed by atoms with van der Waals surface area (Å²) in [4.78, 5) is 14.3. The number of pyridine rings is 1. The van der Waals surface area contributed by atoms with Gasteiger partial charge in [0.1, 0.15) is 5.02 Å². The fourth-order valence-electron chi connectivity index (χ4n) is 1.70. The van der Waals surface area contributed by atoms with E-state index >= 15 is 0 Å². The minimum atomic E-state index is -0.528. The molecule has 0 unspecified atom stereocenters. The van der Waals surface area contributed by atoms with Crippen LogP contribution in [-0.2, 0) is 6.42 Å². The standard InChI is InChI=1S/C13H12ClN3O2/c14-11-7-9-16-13(12(11)17(18)19)15-8-6-10-4-2-1-3-5-10/h1-5,7,9H,6,8H2,(H,15,16). The van der Waals surface area contributed by atoms with Gasteiger partial charge in [-0.05, 0) is 18.1 Å². The van der Waals surface area contributed by atoms with E-state index in [1.54, 1.807) is 0 Å². The zero-order valence-electron chi connectivity index (χ0n) is 10.0. The van der Waals surface area contributed by atoms with Crippen molar-refractivity contribution in [3.05, 3.63) is 63.3 Å². The molecule has 1 aromatic carbocycles. The van der Waals surface area contributed by atoms with Crippen molar-refractivity contribution in [1.82, 2.24) is 4.98 Å². The second-order valence-corrected chi connectivity index (χ2v) is 4.32. The zero-order valence-corrected chi connectivity index (χ0v) is 10.8. The summed E-state index contributed by atoms with van der Waals surface area (Å²) >= 11 is 5.80.